The van der Waals surface area contributed by atoms with Crippen LogP contribution < -0.4 is 0 Å². The van der Waals surface area contributed by atoms with Gasteiger partial charge in [-0.25, -0.2) is 8.42 Å². The Morgan fingerprint density at radius 3 is 2.77 bits per heavy atom. The summed E-state index contributed by atoms with van der Waals surface area (Å²) in [6, 6.07) is 3.65. The van der Waals surface area contributed by atoms with E-state index in [-0.39, 0.29) is 18.5 Å². The van der Waals surface area contributed by atoms with Gasteiger partial charge < -0.3 is 14.3 Å². The molecular formula is C20H28O5S. The quantitative estimate of drug-likeness (QED) is 0.697. The van der Waals surface area contributed by atoms with Gasteiger partial charge in [-0.3, -0.25) is 0 Å². The molecule has 0 bridgehead atoms. The highest BCUT2D eigenvalue weighted by atomic mass is 32.2. The summed E-state index contributed by atoms with van der Waals surface area (Å²) in [6.07, 6.45) is 6.37. The van der Waals surface area contributed by atoms with Gasteiger partial charge in [0.25, 0.3) is 0 Å². The van der Waals surface area contributed by atoms with E-state index >= 15 is 0 Å². The van der Waals surface area contributed by atoms with E-state index in [4.69, 9.17) is 14.3 Å². The molecular weight excluding hydrogens is 352 g/mol. The van der Waals surface area contributed by atoms with Crippen LogP contribution in [-0.2, 0) is 21.2 Å². The minimum absolute atomic E-state index is 0.0860. The second-order valence-electron chi connectivity index (χ2n) is 7.08. The van der Waals surface area contributed by atoms with Crippen molar-refractivity contribution in [1.82, 2.24) is 0 Å². The third-order valence-electron chi connectivity index (χ3n) is 5.27. The number of hydrogen-bond acceptors (Lipinski definition) is 5. The summed E-state index contributed by atoms with van der Waals surface area (Å²) in [7, 11) is -3.07. The molecule has 0 unspecified atom stereocenters. The molecule has 3 rings (SSSR count). The number of aliphatic hydroxyl groups is 1. The van der Waals surface area contributed by atoms with E-state index in [1.165, 1.54) is 5.57 Å². The van der Waals surface area contributed by atoms with Crippen molar-refractivity contribution >= 4 is 15.9 Å². The van der Waals surface area contributed by atoms with Crippen molar-refractivity contribution in [3.05, 3.63) is 40.4 Å². The zero-order chi connectivity index (χ0) is 18.7. The summed E-state index contributed by atoms with van der Waals surface area (Å²) >= 11 is 0. The van der Waals surface area contributed by atoms with Crippen molar-refractivity contribution in [3.63, 3.8) is 0 Å². The lowest BCUT2D eigenvalue weighted by molar-refractivity contribution is 0.117. The SMILES string of the molecule is CCC/C(=C\c1ccc(CO)o1)CC[C@H]1OC[C@H]2C1=C(CC)CS2(=O)=O. The number of allylic oxidation sites excluding steroid dienone is 1. The molecule has 1 aromatic rings. The molecule has 2 aliphatic heterocycles. The summed E-state index contributed by atoms with van der Waals surface area (Å²) in [4.78, 5) is 0. The molecule has 26 heavy (non-hydrogen) atoms. The minimum Gasteiger partial charge on any atom is -0.459 e. The summed E-state index contributed by atoms with van der Waals surface area (Å²) in [6.45, 7) is 4.36. The van der Waals surface area contributed by atoms with Crippen LogP contribution in [0.5, 0.6) is 0 Å². The molecule has 0 radical (unpaired) electrons. The highest BCUT2D eigenvalue weighted by molar-refractivity contribution is 7.92. The van der Waals surface area contributed by atoms with Gasteiger partial charge in [0.2, 0.25) is 0 Å². The third-order valence-corrected chi connectivity index (χ3v) is 7.28. The Hall–Kier alpha value is -1.37. The molecule has 1 fully saturated rings. The van der Waals surface area contributed by atoms with Crippen LogP contribution >= 0.6 is 0 Å². The summed E-state index contributed by atoms with van der Waals surface area (Å²) in [5, 5.41) is 8.71. The molecule has 2 aliphatic rings. The Kier molecular flexibility index (Phi) is 6.05. The molecule has 1 saturated heterocycles. The lowest BCUT2D eigenvalue weighted by Gasteiger charge is -2.14. The van der Waals surface area contributed by atoms with Crippen molar-refractivity contribution in [2.24, 2.45) is 0 Å². The van der Waals surface area contributed by atoms with E-state index in [1.54, 1.807) is 6.07 Å². The Morgan fingerprint density at radius 2 is 2.12 bits per heavy atom. The average molecular weight is 381 g/mol. The zero-order valence-electron chi connectivity index (χ0n) is 15.5. The standard InChI is InChI=1S/C20H28O5S/c1-3-5-14(10-16-7-8-17(11-21)25-16)6-9-18-20-15(4-2)13-26(22,23)19(20)12-24-18/h7-8,10,18-19,21H,3-6,9,11-13H2,1-2H3/b14-10+/t18-,19+/m1/s1. The van der Waals surface area contributed by atoms with Gasteiger partial charge in [-0.1, -0.05) is 31.4 Å². The molecule has 5 nitrogen and oxygen atoms in total. The van der Waals surface area contributed by atoms with E-state index in [1.807, 2.05) is 19.1 Å². The molecule has 0 amide bonds. The first kappa shape index (κ1) is 19.4. The highest BCUT2D eigenvalue weighted by Gasteiger charge is 2.46. The van der Waals surface area contributed by atoms with E-state index in [0.29, 0.717) is 12.4 Å². The van der Waals surface area contributed by atoms with Crippen LogP contribution in [0.2, 0.25) is 0 Å². The van der Waals surface area contributed by atoms with Crippen LogP contribution in [0.3, 0.4) is 0 Å². The van der Waals surface area contributed by atoms with E-state index in [9.17, 15) is 8.42 Å². The molecule has 144 valence electrons. The smallest absolute Gasteiger partial charge is 0.163 e. The predicted molar refractivity (Wildman–Crippen MR) is 101 cm³/mol. The van der Waals surface area contributed by atoms with Crippen molar-refractivity contribution < 1.29 is 22.7 Å². The monoisotopic (exact) mass is 380 g/mol. The Balaban J connectivity index is 1.71. The number of rotatable bonds is 8. The van der Waals surface area contributed by atoms with Gasteiger partial charge in [-0.2, -0.15) is 0 Å². The van der Waals surface area contributed by atoms with Gasteiger partial charge >= 0.3 is 0 Å². The molecule has 2 atom stereocenters. The second-order valence-corrected chi connectivity index (χ2v) is 9.27. The van der Waals surface area contributed by atoms with Crippen LogP contribution in [0.4, 0.5) is 0 Å². The van der Waals surface area contributed by atoms with Gasteiger partial charge in [0.15, 0.2) is 9.84 Å². The first-order chi connectivity index (χ1) is 12.5. The fourth-order valence-corrected chi connectivity index (χ4v) is 6.03. The maximum Gasteiger partial charge on any atom is 0.163 e. The number of ether oxygens (including phenoxy) is 1. The lowest BCUT2D eigenvalue weighted by atomic mass is 9.95. The number of fused-ring (bicyclic) bond motifs is 1. The number of sulfone groups is 1. The van der Waals surface area contributed by atoms with Crippen LogP contribution in [-0.4, -0.2) is 37.2 Å². The van der Waals surface area contributed by atoms with Gasteiger partial charge in [0, 0.05) is 0 Å². The normalized spacial score (nSPS) is 25.1. The van der Waals surface area contributed by atoms with Crippen molar-refractivity contribution in [3.8, 4) is 0 Å². The summed E-state index contributed by atoms with van der Waals surface area (Å²) in [5.41, 5.74) is 3.35. The Morgan fingerprint density at radius 1 is 1.31 bits per heavy atom. The average Bonchev–Trinajstić information content (AvgIpc) is 3.29. The van der Waals surface area contributed by atoms with Gasteiger partial charge in [-0.05, 0) is 49.5 Å². The summed E-state index contributed by atoms with van der Waals surface area (Å²) in [5.74, 6) is 1.51. The van der Waals surface area contributed by atoms with Crippen LogP contribution in [0, 0.1) is 0 Å². The number of hydrogen-bond donors (Lipinski definition) is 1. The molecule has 1 N–H and O–H groups in total. The Bertz CT molecular complexity index is 800. The first-order valence-electron chi connectivity index (χ1n) is 9.42. The fourth-order valence-electron chi connectivity index (χ4n) is 3.98. The maximum absolute atomic E-state index is 12.3. The second kappa shape index (κ2) is 8.11. The fraction of sp³-hybridized carbons (Fsp3) is 0.600. The number of furan rings is 1. The zero-order valence-corrected chi connectivity index (χ0v) is 16.3. The Labute approximate surface area is 155 Å². The first-order valence-corrected chi connectivity index (χ1v) is 11.1. The number of aliphatic hydroxyl groups excluding tert-OH is 1. The summed E-state index contributed by atoms with van der Waals surface area (Å²) < 4.78 is 36.0. The highest BCUT2D eigenvalue weighted by Crippen LogP contribution is 2.39. The van der Waals surface area contributed by atoms with Crippen molar-refractivity contribution in [2.75, 3.05) is 12.4 Å². The van der Waals surface area contributed by atoms with Crippen LogP contribution in [0.25, 0.3) is 6.08 Å². The third kappa shape index (κ3) is 3.97. The van der Waals surface area contributed by atoms with Crippen LogP contribution in [0.15, 0.2) is 33.3 Å². The maximum atomic E-state index is 12.3. The lowest BCUT2D eigenvalue weighted by Crippen LogP contribution is -2.19. The van der Waals surface area contributed by atoms with Gasteiger partial charge in [0.1, 0.15) is 23.4 Å². The van der Waals surface area contributed by atoms with Crippen molar-refractivity contribution in [2.45, 2.75) is 63.9 Å². The van der Waals surface area contributed by atoms with E-state index in [0.717, 1.165) is 49.0 Å². The topological polar surface area (TPSA) is 76.7 Å². The molecule has 3 heterocycles. The van der Waals surface area contributed by atoms with Gasteiger partial charge in [0.05, 0.1) is 18.5 Å². The molecule has 6 heteroatoms. The molecule has 0 spiro atoms. The molecule has 1 aromatic heterocycles. The van der Waals surface area contributed by atoms with E-state index < -0.39 is 15.1 Å². The van der Waals surface area contributed by atoms with Crippen LogP contribution in [0.1, 0.15) is 57.5 Å². The largest absolute Gasteiger partial charge is 0.459 e. The molecule has 0 aromatic carbocycles. The van der Waals surface area contributed by atoms with Gasteiger partial charge in [-0.15, -0.1) is 0 Å². The molecule has 0 saturated carbocycles. The van der Waals surface area contributed by atoms with Crippen molar-refractivity contribution in [1.29, 1.82) is 0 Å². The minimum atomic E-state index is -3.07. The predicted octanol–water partition coefficient (Wildman–Crippen LogP) is 3.64. The van der Waals surface area contributed by atoms with E-state index in [2.05, 4.69) is 6.92 Å². The molecule has 0 aliphatic carbocycles.